The quantitative estimate of drug-likeness (QED) is 0.718. The number of hydrogen-bond acceptors (Lipinski definition) is 2. The van der Waals surface area contributed by atoms with Crippen LogP contribution in [0.2, 0.25) is 0 Å². The summed E-state index contributed by atoms with van der Waals surface area (Å²) in [7, 11) is 1.54. The summed E-state index contributed by atoms with van der Waals surface area (Å²) in [4.78, 5) is 12.3. The highest BCUT2D eigenvalue weighted by Crippen LogP contribution is 2.11. The molecule has 13 heavy (non-hydrogen) atoms. The minimum absolute atomic E-state index is 0.274. The number of nitrogens with one attached hydrogen (secondary N) is 1. The summed E-state index contributed by atoms with van der Waals surface area (Å²) in [5.74, 6) is -0.341. The molecule has 0 fully saturated rings. The van der Waals surface area contributed by atoms with E-state index in [1.807, 2.05) is 5.32 Å². The second-order valence-corrected chi connectivity index (χ2v) is 2.63. The lowest BCUT2D eigenvalue weighted by atomic mass is 10.5. The lowest BCUT2D eigenvalue weighted by molar-refractivity contribution is -0.133. The Kier molecular flexibility index (Phi) is 4.76. The molecule has 0 aliphatic carbocycles. The Morgan fingerprint density at radius 2 is 2.00 bits per heavy atom. The Morgan fingerprint density at radius 1 is 1.46 bits per heavy atom. The molecular weight excluding hydrogens is 185 g/mol. The largest absolute Gasteiger partial charge is 0.401 e. The van der Waals surface area contributed by atoms with E-state index in [1.54, 1.807) is 6.92 Å². The summed E-state index contributed by atoms with van der Waals surface area (Å²) < 4.78 is 34.8. The van der Waals surface area contributed by atoms with Crippen LogP contribution in [0.4, 0.5) is 13.2 Å². The Bertz CT molecular complexity index is 170. The molecule has 0 aromatic heterocycles. The van der Waals surface area contributed by atoms with Crippen LogP contribution in [0, 0.1) is 0 Å². The normalized spacial score (nSPS) is 11.5. The molecule has 0 rings (SSSR count). The van der Waals surface area contributed by atoms with Crippen molar-refractivity contribution in [2.45, 2.75) is 13.1 Å². The van der Waals surface area contributed by atoms with Crippen molar-refractivity contribution in [2.75, 3.05) is 26.7 Å². The van der Waals surface area contributed by atoms with E-state index in [9.17, 15) is 18.0 Å². The lowest BCUT2D eigenvalue weighted by Gasteiger charge is -2.15. The van der Waals surface area contributed by atoms with Gasteiger partial charge in [0.25, 0.3) is 0 Å². The second-order valence-electron chi connectivity index (χ2n) is 2.63. The van der Waals surface area contributed by atoms with Crippen LogP contribution in [-0.2, 0) is 4.79 Å². The number of carbonyl (C=O) groups excluding carboxylic acids is 1. The number of hydrogen-bond donors (Lipinski definition) is 1. The first-order valence-corrected chi connectivity index (χ1v) is 3.88. The van der Waals surface area contributed by atoms with E-state index in [2.05, 4.69) is 0 Å². The molecule has 1 amide bonds. The van der Waals surface area contributed by atoms with Crippen LogP contribution in [0.5, 0.6) is 0 Å². The van der Waals surface area contributed by atoms with Gasteiger partial charge in [0, 0.05) is 13.6 Å². The van der Waals surface area contributed by atoms with Gasteiger partial charge in [-0.25, -0.2) is 0 Å². The summed E-state index contributed by atoms with van der Waals surface area (Å²) in [6.45, 7) is 0.842. The number of rotatable bonds is 4. The van der Waals surface area contributed by atoms with E-state index >= 15 is 0 Å². The van der Waals surface area contributed by atoms with Crippen molar-refractivity contribution in [1.82, 2.24) is 10.2 Å². The molecule has 0 atom stereocenters. The van der Waals surface area contributed by atoms with Gasteiger partial charge in [-0.15, -0.1) is 0 Å². The lowest BCUT2D eigenvalue weighted by Crippen LogP contribution is -2.39. The van der Waals surface area contributed by atoms with Crippen molar-refractivity contribution >= 4 is 5.91 Å². The van der Waals surface area contributed by atoms with E-state index in [0.717, 1.165) is 0 Å². The molecule has 6 heteroatoms. The van der Waals surface area contributed by atoms with Crippen molar-refractivity contribution in [3.63, 3.8) is 0 Å². The zero-order valence-corrected chi connectivity index (χ0v) is 7.61. The van der Waals surface area contributed by atoms with Crippen molar-refractivity contribution in [3.05, 3.63) is 0 Å². The van der Waals surface area contributed by atoms with Gasteiger partial charge in [0.2, 0.25) is 5.91 Å². The summed E-state index contributed by atoms with van der Waals surface area (Å²) in [6, 6.07) is 0. The Balaban J connectivity index is 3.60. The first-order chi connectivity index (χ1) is 5.87. The molecule has 0 saturated heterocycles. The van der Waals surface area contributed by atoms with Crippen LogP contribution in [0.3, 0.4) is 0 Å². The number of carbonyl (C=O) groups is 1. The molecule has 0 radical (unpaired) electrons. The van der Waals surface area contributed by atoms with E-state index in [-0.39, 0.29) is 12.5 Å². The molecule has 0 aliphatic rings. The Morgan fingerprint density at radius 3 is 2.38 bits per heavy atom. The van der Waals surface area contributed by atoms with E-state index in [0.29, 0.717) is 6.54 Å². The van der Waals surface area contributed by atoms with E-state index < -0.39 is 12.7 Å². The predicted octanol–water partition coefficient (Wildman–Crippen LogP) is 0.617. The third-order valence-electron chi connectivity index (χ3n) is 1.50. The molecule has 78 valence electrons. The Hall–Kier alpha value is -0.780. The summed E-state index contributed by atoms with van der Waals surface area (Å²) >= 11 is 0. The van der Waals surface area contributed by atoms with Crippen molar-refractivity contribution < 1.29 is 18.0 Å². The fraction of sp³-hybridized carbons (Fsp3) is 0.857. The molecule has 0 saturated carbocycles. The molecular formula is C7H13F3N2O. The maximum Gasteiger partial charge on any atom is 0.401 e. The second kappa shape index (κ2) is 5.06. The summed E-state index contributed by atoms with van der Waals surface area (Å²) in [5, 5.41) is 2.02. The van der Waals surface area contributed by atoms with Crippen molar-refractivity contribution in [1.29, 1.82) is 0 Å². The van der Waals surface area contributed by atoms with Crippen LogP contribution in [0.15, 0.2) is 0 Å². The maximum absolute atomic E-state index is 11.6. The number of likely N-dealkylation sites (N-methyl/N-ethyl adjacent to an activating group) is 1. The molecule has 1 N–H and O–H groups in total. The molecule has 0 bridgehead atoms. The summed E-state index contributed by atoms with van der Waals surface area (Å²) in [5.41, 5.74) is 0. The smallest absolute Gasteiger partial charge is 0.345 e. The molecule has 0 spiro atoms. The number of halogens is 3. The number of nitrogens with zero attached hydrogens (tertiary/aromatic N) is 1. The highest BCUT2D eigenvalue weighted by Gasteiger charge is 2.26. The SMILES string of the molecule is CCN(C)C(=O)CNCC(F)(F)F. The van der Waals surface area contributed by atoms with Gasteiger partial charge in [-0.3, -0.25) is 4.79 Å². The van der Waals surface area contributed by atoms with Gasteiger partial charge < -0.3 is 10.2 Å². The van der Waals surface area contributed by atoms with Gasteiger partial charge >= 0.3 is 6.18 Å². The van der Waals surface area contributed by atoms with Gasteiger partial charge in [0.05, 0.1) is 13.1 Å². The monoisotopic (exact) mass is 198 g/mol. The highest BCUT2D eigenvalue weighted by molar-refractivity contribution is 5.77. The van der Waals surface area contributed by atoms with Crippen LogP contribution >= 0.6 is 0 Å². The first-order valence-electron chi connectivity index (χ1n) is 3.88. The van der Waals surface area contributed by atoms with Crippen LogP contribution in [-0.4, -0.2) is 43.7 Å². The Labute approximate surface area is 74.9 Å². The van der Waals surface area contributed by atoms with Crippen LogP contribution < -0.4 is 5.32 Å². The molecule has 0 unspecified atom stereocenters. The predicted molar refractivity (Wildman–Crippen MR) is 42.2 cm³/mol. The van der Waals surface area contributed by atoms with Gasteiger partial charge in [0.1, 0.15) is 0 Å². The third kappa shape index (κ3) is 6.39. The van der Waals surface area contributed by atoms with Gasteiger partial charge in [-0.1, -0.05) is 0 Å². The molecule has 3 nitrogen and oxygen atoms in total. The fourth-order valence-corrected chi connectivity index (χ4v) is 0.622. The van der Waals surface area contributed by atoms with E-state index in [1.165, 1.54) is 11.9 Å². The third-order valence-corrected chi connectivity index (χ3v) is 1.50. The van der Waals surface area contributed by atoms with Gasteiger partial charge in [0.15, 0.2) is 0 Å². The van der Waals surface area contributed by atoms with Gasteiger partial charge in [-0.05, 0) is 6.92 Å². The average Bonchev–Trinajstić information content (AvgIpc) is 2.00. The van der Waals surface area contributed by atoms with Crippen molar-refractivity contribution in [2.24, 2.45) is 0 Å². The zero-order chi connectivity index (χ0) is 10.5. The first kappa shape index (κ1) is 12.2. The maximum atomic E-state index is 11.6. The highest BCUT2D eigenvalue weighted by atomic mass is 19.4. The number of amides is 1. The van der Waals surface area contributed by atoms with Crippen LogP contribution in [0.25, 0.3) is 0 Å². The fourth-order valence-electron chi connectivity index (χ4n) is 0.622. The summed E-state index contributed by atoms with van der Waals surface area (Å²) in [6.07, 6.45) is -4.26. The minimum atomic E-state index is -4.26. The standard InChI is InChI=1S/C7H13F3N2O/c1-3-12(2)6(13)4-11-5-7(8,9)10/h11H,3-5H2,1-2H3. The van der Waals surface area contributed by atoms with Crippen LogP contribution in [0.1, 0.15) is 6.92 Å². The topological polar surface area (TPSA) is 32.3 Å². The molecule has 0 aromatic carbocycles. The van der Waals surface area contributed by atoms with E-state index in [4.69, 9.17) is 0 Å². The minimum Gasteiger partial charge on any atom is -0.345 e. The zero-order valence-electron chi connectivity index (χ0n) is 7.61. The number of alkyl halides is 3. The molecule has 0 aromatic rings. The molecule has 0 aliphatic heterocycles. The van der Waals surface area contributed by atoms with Crippen molar-refractivity contribution in [3.8, 4) is 0 Å². The average molecular weight is 198 g/mol. The van der Waals surface area contributed by atoms with Gasteiger partial charge in [-0.2, -0.15) is 13.2 Å². The molecule has 0 heterocycles.